The van der Waals surface area contributed by atoms with Crippen LogP contribution in [0.15, 0.2) is 0 Å². The van der Waals surface area contributed by atoms with Gasteiger partial charge in [0.2, 0.25) is 0 Å². The molecule has 2 saturated carbocycles. The third-order valence-electron chi connectivity index (χ3n) is 7.29. The summed E-state index contributed by atoms with van der Waals surface area (Å²) in [5.74, 6) is 0.793. The van der Waals surface area contributed by atoms with E-state index < -0.39 is 0 Å². The molecule has 0 aromatic heterocycles. The van der Waals surface area contributed by atoms with E-state index in [1.165, 1.54) is 19.3 Å². The largest absolute Gasteiger partial charge is 0.462 e. The Kier molecular flexibility index (Phi) is 3.98. The predicted octanol–water partition coefficient (Wildman–Crippen LogP) is 1.66. The van der Waals surface area contributed by atoms with Gasteiger partial charge in [-0.05, 0) is 39.3 Å². The summed E-state index contributed by atoms with van der Waals surface area (Å²) < 4.78 is 12.3. The number of fused-ring (bicyclic) bond motifs is 2. The van der Waals surface area contributed by atoms with Gasteiger partial charge in [-0.1, -0.05) is 20.3 Å². The summed E-state index contributed by atoms with van der Waals surface area (Å²) in [5.41, 5.74) is 0.201. The first-order valence-electron chi connectivity index (χ1n) is 9.63. The molecule has 2 aliphatic carbocycles. The molecule has 2 heterocycles. The first kappa shape index (κ1) is 16.8. The zero-order valence-corrected chi connectivity index (χ0v) is 15.5. The fourth-order valence-electron chi connectivity index (χ4n) is 6.03. The Labute approximate surface area is 145 Å². The van der Waals surface area contributed by atoms with Gasteiger partial charge in [0.15, 0.2) is 0 Å². The van der Waals surface area contributed by atoms with Crippen molar-refractivity contribution in [3.05, 3.63) is 0 Å². The molecule has 0 amide bonds. The molecule has 1 N–H and O–H groups in total. The van der Waals surface area contributed by atoms with E-state index in [-0.39, 0.29) is 41.0 Å². The Bertz CT molecular complexity index is 525. The third kappa shape index (κ3) is 2.27. The lowest BCUT2D eigenvalue weighted by Gasteiger charge is -2.48. The SMILES string of the molecule is C[C@H]1CCC[C@]2(C)C[C@H]3OC(=O)[C@@H](CNCCN(C)C)[C@H]3[C@@H]3O[C@@]132. The van der Waals surface area contributed by atoms with Crippen LogP contribution in [0, 0.1) is 23.2 Å². The van der Waals surface area contributed by atoms with E-state index in [0.717, 1.165) is 26.1 Å². The van der Waals surface area contributed by atoms with Gasteiger partial charge in [-0.3, -0.25) is 4.79 Å². The molecule has 2 aliphatic heterocycles. The first-order chi connectivity index (χ1) is 11.4. The summed E-state index contributed by atoms with van der Waals surface area (Å²) in [6.07, 6.45) is 5.01. The molecule has 7 atom stereocenters. The van der Waals surface area contributed by atoms with Gasteiger partial charge in [-0.15, -0.1) is 0 Å². The predicted molar refractivity (Wildman–Crippen MR) is 91.6 cm³/mol. The summed E-state index contributed by atoms with van der Waals surface area (Å²) in [6, 6.07) is 0. The van der Waals surface area contributed by atoms with Gasteiger partial charge in [0.1, 0.15) is 11.7 Å². The normalized spacial score (nSPS) is 49.4. The molecular weight excluding hydrogens is 304 g/mol. The van der Waals surface area contributed by atoms with Crippen LogP contribution >= 0.6 is 0 Å². The lowest BCUT2D eigenvalue weighted by atomic mass is 9.53. The molecule has 5 heteroatoms. The number of nitrogens with one attached hydrogen (secondary N) is 1. The fourth-order valence-corrected chi connectivity index (χ4v) is 6.03. The highest BCUT2D eigenvalue weighted by Gasteiger charge is 2.78. The molecule has 2 saturated heterocycles. The number of hydrogen-bond donors (Lipinski definition) is 1. The summed E-state index contributed by atoms with van der Waals surface area (Å²) >= 11 is 0. The van der Waals surface area contributed by atoms with Crippen LogP contribution in [-0.4, -0.2) is 62.4 Å². The Balaban J connectivity index is 1.48. The van der Waals surface area contributed by atoms with Crippen molar-refractivity contribution in [2.45, 2.75) is 57.3 Å². The van der Waals surface area contributed by atoms with Crippen molar-refractivity contribution < 1.29 is 14.3 Å². The lowest BCUT2D eigenvalue weighted by molar-refractivity contribution is -0.146. The average Bonchev–Trinajstić information content (AvgIpc) is 3.18. The molecule has 0 aromatic carbocycles. The first-order valence-corrected chi connectivity index (χ1v) is 9.63. The van der Waals surface area contributed by atoms with E-state index in [0.29, 0.717) is 5.92 Å². The van der Waals surface area contributed by atoms with E-state index >= 15 is 0 Å². The Morgan fingerprint density at radius 2 is 2.17 bits per heavy atom. The number of hydrogen-bond acceptors (Lipinski definition) is 5. The Hall–Kier alpha value is -0.650. The van der Waals surface area contributed by atoms with Gasteiger partial charge in [0.05, 0.1) is 12.0 Å². The smallest absolute Gasteiger partial charge is 0.311 e. The van der Waals surface area contributed by atoms with Crippen molar-refractivity contribution >= 4 is 5.97 Å². The van der Waals surface area contributed by atoms with Gasteiger partial charge in [0, 0.05) is 31.0 Å². The number of nitrogens with zero attached hydrogens (tertiary/aromatic N) is 1. The minimum absolute atomic E-state index is 0.0112. The molecule has 1 spiro atoms. The van der Waals surface area contributed by atoms with Gasteiger partial charge in [-0.25, -0.2) is 0 Å². The topological polar surface area (TPSA) is 54.1 Å². The van der Waals surface area contributed by atoms with Crippen molar-refractivity contribution in [3.63, 3.8) is 0 Å². The van der Waals surface area contributed by atoms with Gasteiger partial charge in [-0.2, -0.15) is 0 Å². The third-order valence-corrected chi connectivity index (χ3v) is 7.29. The number of esters is 1. The van der Waals surface area contributed by atoms with Gasteiger partial charge < -0.3 is 19.7 Å². The number of rotatable bonds is 5. The second-order valence-electron chi connectivity index (χ2n) is 9.06. The lowest BCUT2D eigenvalue weighted by Crippen LogP contribution is -2.54. The second-order valence-corrected chi connectivity index (χ2v) is 9.06. The van der Waals surface area contributed by atoms with Crippen LogP contribution < -0.4 is 5.32 Å². The van der Waals surface area contributed by atoms with Gasteiger partial charge in [0.25, 0.3) is 0 Å². The molecule has 4 rings (SSSR count). The molecule has 4 aliphatic rings. The van der Waals surface area contributed by atoms with Gasteiger partial charge >= 0.3 is 5.97 Å². The van der Waals surface area contributed by atoms with E-state index in [1.807, 2.05) is 0 Å². The molecule has 0 bridgehead atoms. The average molecular weight is 336 g/mol. The molecule has 0 aromatic rings. The maximum atomic E-state index is 12.5. The molecule has 136 valence electrons. The highest BCUT2D eigenvalue weighted by molar-refractivity contribution is 5.76. The molecule has 5 nitrogen and oxygen atoms in total. The van der Waals surface area contributed by atoms with Crippen LogP contribution in [0.25, 0.3) is 0 Å². The summed E-state index contributed by atoms with van der Waals surface area (Å²) in [5, 5.41) is 3.45. The number of carbonyl (C=O) groups excluding carboxylic acids is 1. The molecule has 0 radical (unpaired) electrons. The van der Waals surface area contributed by atoms with E-state index in [1.54, 1.807) is 0 Å². The van der Waals surface area contributed by atoms with Crippen LogP contribution in [0.2, 0.25) is 0 Å². The standard InChI is InChI=1S/C19H32N2O3/c1-12-6-5-7-18(2)10-14-15(16-19(12,18)24-16)13(17(22)23-14)11-20-8-9-21(3)4/h12-16,20H,5-11H2,1-4H3/t12-,13-,14+,15+,16-,18+,19-/m0/s1. The zero-order chi connectivity index (χ0) is 17.1. The minimum atomic E-state index is -0.0415. The van der Waals surface area contributed by atoms with E-state index in [9.17, 15) is 4.79 Å². The molecule has 4 fully saturated rings. The fraction of sp³-hybridized carbons (Fsp3) is 0.947. The summed E-state index contributed by atoms with van der Waals surface area (Å²) in [6.45, 7) is 7.32. The van der Waals surface area contributed by atoms with Crippen LogP contribution in [0.4, 0.5) is 0 Å². The quantitative estimate of drug-likeness (QED) is 0.470. The maximum Gasteiger partial charge on any atom is 0.311 e. The highest BCUT2D eigenvalue weighted by Crippen LogP contribution is 2.70. The number of likely N-dealkylation sites (N-methyl/N-ethyl adjacent to an activating group) is 1. The Morgan fingerprint density at radius 1 is 1.38 bits per heavy atom. The van der Waals surface area contributed by atoms with Crippen LogP contribution in [-0.2, 0) is 14.3 Å². The van der Waals surface area contributed by atoms with Crippen LogP contribution in [0.3, 0.4) is 0 Å². The minimum Gasteiger partial charge on any atom is -0.462 e. The van der Waals surface area contributed by atoms with E-state index in [2.05, 4.69) is 38.2 Å². The number of carbonyl (C=O) groups is 1. The van der Waals surface area contributed by atoms with Crippen molar-refractivity contribution in [3.8, 4) is 0 Å². The number of epoxide rings is 1. The zero-order valence-electron chi connectivity index (χ0n) is 15.5. The van der Waals surface area contributed by atoms with Crippen LogP contribution in [0.1, 0.15) is 39.5 Å². The number of ether oxygens (including phenoxy) is 2. The summed E-state index contributed by atoms with van der Waals surface area (Å²) in [4.78, 5) is 14.6. The monoisotopic (exact) mass is 336 g/mol. The Morgan fingerprint density at radius 3 is 2.92 bits per heavy atom. The van der Waals surface area contributed by atoms with Crippen molar-refractivity contribution in [2.24, 2.45) is 23.2 Å². The van der Waals surface area contributed by atoms with Crippen LogP contribution in [0.5, 0.6) is 0 Å². The van der Waals surface area contributed by atoms with Crippen molar-refractivity contribution in [1.82, 2.24) is 10.2 Å². The second kappa shape index (κ2) is 5.68. The highest BCUT2D eigenvalue weighted by atomic mass is 16.6. The maximum absolute atomic E-state index is 12.5. The van der Waals surface area contributed by atoms with E-state index in [4.69, 9.17) is 9.47 Å². The van der Waals surface area contributed by atoms with Crippen molar-refractivity contribution in [1.29, 1.82) is 0 Å². The molecular formula is C19H32N2O3. The summed E-state index contributed by atoms with van der Waals surface area (Å²) in [7, 11) is 4.13. The molecule has 24 heavy (non-hydrogen) atoms. The van der Waals surface area contributed by atoms with Crippen molar-refractivity contribution in [2.75, 3.05) is 33.7 Å². The molecule has 0 unspecified atom stereocenters.